The second-order valence-electron chi connectivity index (χ2n) is 6.12. The van der Waals surface area contributed by atoms with Gasteiger partial charge in [0.1, 0.15) is 18.3 Å². The molecule has 2 aliphatic heterocycles. The van der Waals surface area contributed by atoms with Crippen LogP contribution in [0, 0.1) is 0 Å². The average Bonchev–Trinajstić information content (AvgIpc) is 2.60. The standard InChI is InChI=1S/C13H24O6/c1-11(2,15-6)19-13(5)10(14)9-8(7-16-13)17-12(3,4)18-9/h8-10,14H,7H2,1-6H3/t8-,9-,10+,13+/m0/s1. The predicted octanol–water partition coefficient (Wildman–Crippen LogP) is 1.01. The van der Waals surface area contributed by atoms with Crippen molar-refractivity contribution in [3.05, 3.63) is 0 Å². The first kappa shape index (κ1) is 15.2. The molecular formula is C13H24O6. The van der Waals surface area contributed by atoms with Crippen molar-refractivity contribution in [1.82, 2.24) is 0 Å². The minimum Gasteiger partial charge on any atom is -0.385 e. The summed E-state index contributed by atoms with van der Waals surface area (Å²) in [6, 6.07) is 0. The Labute approximate surface area is 113 Å². The third kappa shape index (κ3) is 2.94. The zero-order valence-electron chi connectivity index (χ0n) is 12.4. The molecule has 2 saturated heterocycles. The Kier molecular flexibility index (Phi) is 3.71. The van der Waals surface area contributed by atoms with Crippen molar-refractivity contribution in [3.63, 3.8) is 0 Å². The molecule has 6 heteroatoms. The molecule has 2 rings (SSSR count). The molecule has 112 valence electrons. The Balaban J connectivity index is 2.13. The van der Waals surface area contributed by atoms with Crippen LogP contribution in [0.1, 0.15) is 34.6 Å². The van der Waals surface area contributed by atoms with E-state index in [1.807, 2.05) is 13.8 Å². The SMILES string of the molecule is COC(C)(C)O[C@@]1(C)OC[C@@H]2OC(C)(C)O[C@@H]2[C@H]1O. The number of fused-ring (bicyclic) bond motifs is 1. The first-order valence-corrected chi connectivity index (χ1v) is 6.51. The Hall–Kier alpha value is -0.240. The summed E-state index contributed by atoms with van der Waals surface area (Å²) >= 11 is 0. The van der Waals surface area contributed by atoms with Gasteiger partial charge in [-0.1, -0.05) is 0 Å². The minimum atomic E-state index is -1.19. The fraction of sp³-hybridized carbons (Fsp3) is 1.00. The van der Waals surface area contributed by atoms with E-state index in [-0.39, 0.29) is 6.10 Å². The van der Waals surface area contributed by atoms with E-state index in [2.05, 4.69) is 0 Å². The van der Waals surface area contributed by atoms with Gasteiger partial charge in [-0.25, -0.2) is 0 Å². The second kappa shape index (κ2) is 4.65. The lowest BCUT2D eigenvalue weighted by molar-refractivity contribution is -0.384. The molecule has 0 amide bonds. The summed E-state index contributed by atoms with van der Waals surface area (Å²) in [5.74, 6) is -2.77. The zero-order chi connectivity index (χ0) is 14.5. The van der Waals surface area contributed by atoms with Crippen LogP contribution in [0.2, 0.25) is 0 Å². The molecule has 2 heterocycles. The van der Waals surface area contributed by atoms with Crippen LogP contribution < -0.4 is 0 Å². The maximum Gasteiger partial charge on any atom is 0.197 e. The molecule has 2 aliphatic rings. The van der Waals surface area contributed by atoms with Gasteiger partial charge < -0.3 is 28.8 Å². The van der Waals surface area contributed by atoms with E-state index >= 15 is 0 Å². The molecule has 19 heavy (non-hydrogen) atoms. The van der Waals surface area contributed by atoms with Gasteiger partial charge in [-0.05, 0) is 34.6 Å². The molecule has 6 nitrogen and oxygen atoms in total. The van der Waals surface area contributed by atoms with Crippen LogP contribution in [0.3, 0.4) is 0 Å². The van der Waals surface area contributed by atoms with Gasteiger partial charge in [-0.3, -0.25) is 0 Å². The lowest BCUT2D eigenvalue weighted by atomic mass is 9.98. The van der Waals surface area contributed by atoms with E-state index in [0.717, 1.165) is 0 Å². The van der Waals surface area contributed by atoms with Gasteiger partial charge >= 0.3 is 0 Å². The lowest BCUT2D eigenvalue weighted by Crippen LogP contribution is -2.61. The normalized spacial score (nSPS) is 42.2. The number of methoxy groups -OCH3 is 1. The molecule has 0 bridgehead atoms. The molecular weight excluding hydrogens is 252 g/mol. The van der Waals surface area contributed by atoms with Gasteiger partial charge in [-0.2, -0.15) is 0 Å². The molecule has 0 aromatic rings. The van der Waals surface area contributed by atoms with Crippen LogP contribution in [0.15, 0.2) is 0 Å². The second-order valence-corrected chi connectivity index (χ2v) is 6.12. The van der Waals surface area contributed by atoms with Gasteiger partial charge in [0.05, 0.1) is 6.61 Å². The van der Waals surface area contributed by atoms with Crippen LogP contribution in [-0.4, -0.2) is 54.5 Å². The Morgan fingerprint density at radius 2 is 1.84 bits per heavy atom. The summed E-state index contributed by atoms with van der Waals surface area (Å²) in [4.78, 5) is 0. The monoisotopic (exact) mass is 276 g/mol. The van der Waals surface area contributed by atoms with E-state index in [1.165, 1.54) is 0 Å². The van der Waals surface area contributed by atoms with E-state index in [9.17, 15) is 5.11 Å². The minimum absolute atomic E-state index is 0.285. The van der Waals surface area contributed by atoms with Crippen molar-refractivity contribution in [1.29, 1.82) is 0 Å². The largest absolute Gasteiger partial charge is 0.385 e. The number of ether oxygens (including phenoxy) is 5. The van der Waals surface area contributed by atoms with Crippen molar-refractivity contribution < 1.29 is 28.8 Å². The van der Waals surface area contributed by atoms with Gasteiger partial charge in [0.15, 0.2) is 17.4 Å². The highest BCUT2D eigenvalue weighted by atomic mass is 16.8. The zero-order valence-corrected chi connectivity index (χ0v) is 12.4. The summed E-state index contributed by atoms with van der Waals surface area (Å²) in [5, 5.41) is 10.5. The fourth-order valence-corrected chi connectivity index (χ4v) is 2.51. The smallest absolute Gasteiger partial charge is 0.197 e. The summed E-state index contributed by atoms with van der Waals surface area (Å²) < 4.78 is 28.1. The maximum absolute atomic E-state index is 10.5. The molecule has 4 atom stereocenters. The molecule has 0 aromatic carbocycles. The quantitative estimate of drug-likeness (QED) is 0.776. The third-order valence-electron chi connectivity index (χ3n) is 3.54. The lowest BCUT2D eigenvalue weighted by Gasteiger charge is -2.45. The van der Waals surface area contributed by atoms with Crippen molar-refractivity contribution in [2.75, 3.05) is 13.7 Å². The summed E-state index contributed by atoms with van der Waals surface area (Å²) in [6.07, 6.45) is -1.71. The molecule has 0 aromatic heterocycles. The highest BCUT2D eigenvalue weighted by molar-refractivity contribution is 4.97. The van der Waals surface area contributed by atoms with E-state index in [1.54, 1.807) is 27.9 Å². The van der Waals surface area contributed by atoms with Gasteiger partial charge in [0.25, 0.3) is 0 Å². The fourth-order valence-electron chi connectivity index (χ4n) is 2.51. The van der Waals surface area contributed by atoms with Crippen LogP contribution in [0.4, 0.5) is 0 Å². The molecule has 0 saturated carbocycles. The van der Waals surface area contributed by atoms with E-state index in [0.29, 0.717) is 6.61 Å². The predicted molar refractivity (Wildman–Crippen MR) is 66.4 cm³/mol. The van der Waals surface area contributed by atoms with Crippen molar-refractivity contribution in [2.45, 2.75) is 70.3 Å². The van der Waals surface area contributed by atoms with Gasteiger partial charge in [0, 0.05) is 7.11 Å². The number of hydrogen-bond donors (Lipinski definition) is 1. The first-order chi connectivity index (χ1) is 8.59. The Morgan fingerprint density at radius 3 is 2.42 bits per heavy atom. The van der Waals surface area contributed by atoms with Crippen molar-refractivity contribution in [2.24, 2.45) is 0 Å². The third-order valence-corrected chi connectivity index (χ3v) is 3.54. The molecule has 0 aliphatic carbocycles. The maximum atomic E-state index is 10.5. The topological polar surface area (TPSA) is 66.4 Å². The molecule has 1 N–H and O–H groups in total. The molecule has 0 spiro atoms. The molecule has 0 radical (unpaired) electrons. The van der Waals surface area contributed by atoms with Crippen molar-refractivity contribution in [3.8, 4) is 0 Å². The van der Waals surface area contributed by atoms with Crippen LogP contribution in [0.25, 0.3) is 0 Å². The Bertz CT molecular complexity index is 342. The number of rotatable bonds is 3. The summed E-state index contributed by atoms with van der Waals surface area (Å²) in [5.41, 5.74) is 0. The van der Waals surface area contributed by atoms with Crippen LogP contribution >= 0.6 is 0 Å². The number of hydrogen-bond acceptors (Lipinski definition) is 6. The highest BCUT2D eigenvalue weighted by Gasteiger charge is 2.57. The first-order valence-electron chi connectivity index (χ1n) is 6.51. The van der Waals surface area contributed by atoms with Gasteiger partial charge in [0.2, 0.25) is 0 Å². The van der Waals surface area contributed by atoms with Gasteiger partial charge in [-0.15, -0.1) is 0 Å². The van der Waals surface area contributed by atoms with Crippen molar-refractivity contribution >= 4 is 0 Å². The Morgan fingerprint density at radius 1 is 1.21 bits per heavy atom. The van der Waals surface area contributed by atoms with Crippen LogP contribution in [-0.2, 0) is 23.7 Å². The van der Waals surface area contributed by atoms with Crippen LogP contribution in [0.5, 0.6) is 0 Å². The molecule has 2 fully saturated rings. The van der Waals surface area contributed by atoms with E-state index in [4.69, 9.17) is 23.7 Å². The average molecular weight is 276 g/mol. The highest BCUT2D eigenvalue weighted by Crippen LogP contribution is 2.40. The number of aliphatic hydroxyl groups is 1. The summed E-state index contributed by atoms with van der Waals surface area (Å²) in [6.45, 7) is 9.14. The number of aliphatic hydroxyl groups excluding tert-OH is 1. The molecule has 0 unspecified atom stereocenters. The summed E-state index contributed by atoms with van der Waals surface area (Å²) in [7, 11) is 1.54. The van der Waals surface area contributed by atoms with E-state index < -0.39 is 29.6 Å².